The van der Waals surface area contributed by atoms with Crippen molar-refractivity contribution in [3.63, 3.8) is 0 Å². The van der Waals surface area contributed by atoms with Crippen molar-refractivity contribution in [2.45, 2.75) is 13.1 Å². The van der Waals surface area contributed by atoms with E-state index in [2.05, 4.69) is 10.4 Å². The number of nitrogens with zero attached hydrogens (tertiary/aromatic N) is 3. The maximum absolute atomic E-state index is 12.6. The summed E-state index contributed by atoms with van der Waals surface area (Å²) in [4.78, 5) is 25.0. The highest BCUT2D eigenvalue weighted by Crippen LogP contribution is 2.25. The number of carbonyl (C=O) groups excluding carboxylic acids is 1. The molecule has 0 radical (unpaired) electrons. The standard InChI is InChI=1S/C18H16N4O3/c1-21-18(24)17-14(10-20-21)13-6-2-3-7-15(13)22(17)11-16(23)19-9-12-5-4-8-25-12/h2-8,10H,9,11H2,1H3,(H,19,23). The predicted molar refractivity (Wildman–Crippen MR) is 93.0 cm³/mol. The van der Waals surface area contributed by atoms with E-state index in [0.717, 1.165) is 16.3 Å². The first-order chi connectivity index (χ1) is 12.1. The van der Waals surface area contributed by atoms with Gasteiger partial charge < -0.3 is 14.3 Å². The third-order valence-electron chi connectivity index (χ3n) is 4.21. The largest absolute Gasteiger partial charge is 0.467 e. The van der Waals surface area contributed by atoms with Crippen LogP contribution in [-0.2, 0) is 24.9 Å². The van der Waals surface area contributed by atoms with Crippen LogP contribution in [0.5, 0.6) is 0 Å². The summed E-state index contributed by atoms with van der Waals surface area (Å²) >= 11 is 0. The Hall–Kier alpha value is -3.35. The van der Waals surface area contributed by atoms with Crippen molar-refractivity contribution >= 4 is 27.7 Å². The lowest BCUT2D eigenvalue weighted by atomic mass is 10.2. The first-order valence-corrected chi connectivity index (χ1v) is 7.87. The van der Waals surface area contributed by atoms with Crippen LogP contribution in [0.25, 0.3) is 21.8 Å². The van der Waals surface area contributed by atoms with Gasteiger partial charge in [0.2, 0.25) is 5.91 Å². The molecule has 1 amide bonds. The molecule has 0 aliphatic rings. The molecule has 0 aliphatic heterocycles. The zero-order valence-corrected chi connectivity index (χ0v) is 13.6. The number of para-hydroxylation sites is 1. The Morgan fingerprint density at radius 1 is 1.20 bits per heavy atom. The monoisotopic (exact) mass is 336 g/mol. The summed E-state index contributed by atoms with van der Waals surface area (Å²) in [5, 5.41) is 8.56. The number of carbonyl (C=O) groups is 1. The van der Waals surface area contributed by atoms with E-state index in [4.69, 9.17) is 4.42 Å². The topological polar surface area (TPSA) is 82.1 Å². The zero-order valence-electron chi connectivity index (χ0n) is 13.6. The minimum atomic E-state index is -0.229. The number of rotatable bonds is 4. The number of aryl methyl sites for hydroxylation is 1. The second-order valence-electron chi connectivity index (χ2n) is 5.79. The third-order valence-corrected chi connectivity index (χ3v) is 4.21. The first-order valence-electron chi connectivity index (χ1n) is 7.87. The Morgan fingerprint density at radius 2 is 2.04 bits per heavy atom. The van der Waals surface area contributed by atoms with Crippen molar-refractivity contribution < 1.29 is 9.21 Å². The van der Waals surface area contributed by atoms with Gasteiger partial charge in [0.25, 0.3) is 5.56 Å². The van der Waals surface area contributed by atoms with Gasteiger partial charge in [-0.3, -0.25) is 9.59 Å². The summed E-state index contributed by atoms with van der Waals surface area (Å²) in [6.07, 6.45) is 3.22. The molecular weight excluding hydrogens is 320 g/mol. The number of nitrogens with one attached hydrogen (secondary N) is 1. The fourth-order valence-corrected chi connectivity index (χ4v) is 3.00. The van der Waals surface area contributed by atoms with E-state index in [1.807, 2.05) is 24.3 Å². The molecule has 1 aromatic carbocycles. The molecule has 1 N–H and O–H groups in total. The Balaban J connectivity index is 1.75. The molecule has 7 heteroatoms. The molecule has 0 unspecified atom stereocenters. The first kappa shape index (κ1) is 15.2. The summed E-state index contributed by atoms with van der Waals surface area (Å²) in [5.74, 6) is 0.480. The fourth-order valence-electron chi connectivity index (χ4n) is 3.00. The van der Waals surface area contributed by atoms with Crippen molar-refractivity contribution in [2.75, 3.05) is 0 Å². The van der Waals surface area contributed by atoms with Gasteiger partial charge in [-0.15, -0.1) is 0 Å². The van der Waals surface area contributed by atoms with Crippen LogP contribution in [0, 0.1) is 0 Å². The van der Waals surface area contributed by atoms with Crippen molar-refractivity contribution in [1.82, 2.24) is 19.7 Å². The van der Waals surface area contributed by atoms with Crippen molar-refractivity contribution in [1.29, 1.82) is 0 Å². The number of amides is 1. The van der Waals surface area contributed by atoms with E-state index in [1.165, 1.54) is 4.68 Å². The van der Waals surface area contributed by atoms with Gasteiger partial charge in [0, 0.05) is 23.3 Å². The van der Waals surface area contributed by atoms with Crippen molar-refractivity contribution in [3.8, 4) is 0 Å². The van der Waals surface area contributed by atoms with Gasteiger partial charge in [0.05, 0.1) is 19.0 Å². The molecule has 0 saturated carbocycles. The van der Waals surface area contributed by atoms with Gasteiger partial charge in [-0.05, 0) is 18.2 Å². The normalized spacial score (nSPS) is 11.2. The molecule has 3 aromatic heterocycles. The van der Waals surface area contributed by atoms with Gasteiger partial charge in [-0.25, -0.2) is 4.68 Å². The minimum Gasteiger partial charge on any atom is -0.467 e. The number of fused-ring (bicyclic) bond motifs is 3. The van der Waals surface area contributed by atoms with Gasteiger partial charge in [0.15, 0.2) is 0 Å². The molecule has 0 aliphatic carbocycles. The van der Waals surface area contributed by atoms with E-state index in [1.54, 1.807) is 36.2 Å². The highest BCUT2D eigenvalue weighted by Gasteiger charge is 2.16. The molecule has 0 spiro atoms. The molecule has 3 heterocycles. The lowest BCUT2D eigenvalue weighted by Gasteiger charge is -2.08. The zero-order chi connectivity index (χ0) is 17.4. The second-order valence-corrected chi connectivity index (χ2v) is 5.79. The number of benzene rings is 1. The maximum Gasteiger partial charge on any atom is 0.291 e. The summed E-state index contributed by atoms with van der Waals surface area (Å²) in [6, 6.07) is 11.2. The summed E-state index contributed by atoms with van der Waals surface area (Å²) in [6.45, 7) is 0.354. The summed E-state index contributed by atoms with van der Waals surface area (Å²) < 4.78 is 8.23. The molecule has 0 bridgehead atoms. The molecular formula is C18H16N4O3. The minimum absolute atomic E-state index is 0.0456. The number of hydrogen-bond acceptors (Lipinski definition) is 4. The molecule has 0 fully saturated rings. The average Bonchev–Trinajstić information content (AvgIpc) is 3.24. The second kappa shape index (κ2) is 5.94. The molecule has 126 valence electrons. The number of aromatic nitrogens is 3. The van der Waals surface area contributed by atoms with E-state index in [0.29, 0.717) is 17.8 Å². The van der Waals surface area contributed by atoms with Gasteiger partial charge in [0.1, 0.15) is 17.8 Å². The number of furan rings is 1. The molecule has 4 rings (SSSR count). The Morgan fingerprint density at radius 3 is 2.84 bits per heavy atom. The highest BCUT2D eigenvalue weighted by atomic mass is 16.3. The van der Waals surface area contributed by atoms with E-state index in [9.17, 15) is 9.59 Å². The van der Waals surface area contributed by atoms with Crippen LogP contribution in [0.3, 0.4) is 0 Å². The smallest absolute Gasteiger partial charge is 0.291 e. The third kappa shape index (κ3) is 2.59. The highest BCUT2D eigenvalue weighted by molar-refractivity contribution is 6.07. The van der Waals surface area contributed by atoms with Gasteiger partial charge >= 0.3 is 0 Å². The molecule has 0 atom stereocenters. The number of hydrogen-bond donors (Lipinski definition) is 1. The molecule has 25 heavy (non-hydrogen) atoms. The van der Waals surface area contributed by atoms with Crippen LogP contribution in [0.1, 0.15) is 5.76 Å². The Kier molecular flexibility index (Phi) is 3.61. The van der Waals surface area contributed by atoms with Crippen LogP contribution in [0.4, 0.5) is 0 Å². The summed E-state index contributed by atoms with van der Waals surface area (Å²) in [5.41, 5.74) is 1.08. The van der Waals surface area contributed by atoms with E-state index >= 15 is 0 Å². The lowest BCUT2D eigenvalue weighted by molar-refractivity contribution is -0.121. The molecule has 0 saturated heterocycles. The maximum atomic E-state index is 12.6. The van der Waals surface area contributed by atoms with Crippen LogP contribution in [0.2, 0.25) is 0 Å². The predicted octanol–water partition coefficient (Wildman–Crippen LogP) is 1.80. The Bertz CT molecular complexity index is 1120. The SMILES string of the molecule is Cn1ncc2c3ccccc3n(CC(=O)NCc3ccco3)c2c1=O. The Labute approximate surface area is 142 Å². The molecule has 7 nitrogen and oxygen atoms in total. The molecule has 4 aromatic rings. The van der Waals surface area contributed by atoms with Crippen LogP contribution < -0.4 is 10.9 Å². The van der Waals surface area contributed by atoms with E-state index in [-0.39, 0.29) is 18.0 Å². The lowest BCUT2D eigenvalue weighted by Crippen LogP contribution is -2.28. The van der Waals surface area contributed by atoms with Crippen LogP contribution in [0.15, 0.2) is 58.1 Å². The van der Waals surface area contributed by atoms with Crippen LogP contribution >= 0.6 is 0 Å². The van der Waals surface area contributed by atoms with Crippen molar-refractivity contribution in [2.24, 2.45) is 7.05 Å². The summed E-state index contributed by atoms with van der Waals surface area (Å²) in [7, 11) is 1.60. The fraction of sp³-hybridized carbons (Fsp3) is 0.167. The van der Waals surface area contributed by atoms with Gasteiger partial charge in [-0.1, -0.05) is 18.2 Å². The van der Waals surface area contributed by atoms with Crippen LogP contribution in [-0.4, -0.2) is 20.3 Å². The van der Waals surface area contributed by atoms with Gasteiger partial charge in [-0.2, -0.15) is 5.10 Å². The van der Waals surface area contributed by atoms with Crippen molar-refractivity contribution in [3.05, 3.63) is 65.0 Å². The quantitative estimate of drug-likeness (QED) is 0.616. The average molecular weight is 336 g/mol. The van der Waals surface area contributed by atoms with E-state index < -0.39 is 0 Å².